The maximum Gasteiger partial charge on any atom is 0.303 e. The van der Waals surface area contributed by atoms with Crippen molar-refractivity contribution in [3.8, 4) is 11.5 Å². The van der Waals surface area contributed by atoms with Gasteiger partial charge in [0.05, 0.1) is 35.9 Å². The van der Waals surface area contributed by atoms with Crippen LogP contribution in [0.2, 0.25) is 0 Å². The molecule has 38 nitrogen and oxygen atoms in total. The molecular weight excluding hydrogens is 1450 g/mol. The molecule has 602 valence electrons. The minimum absolute atomic E-state index is 0.0462. The summed E-state index contributed by atoms with van der Waals surface area (Å²) in [6.07, 6.45) is -2.13. The highest BCUT2D eigenvalue weighted by Crippen LogP contribution is 2.25. The number of nitro groups is 1. The van der Waals surface area contributed by atoms with E-state index < -0.39 is 200 Å². The summed E-state index contributed by atoms with van der Waals surface area (Å²) in [5.41, 5.74) is 8.16. The van der Waals surface area contributed by atoms with Crippen LogP contribution in [0.1, 0.15) is 123 Å². The van der Waals surface area contributed by atoms with Crippen molar-refractivity contribution in [1.29, 1.82) is 0 Å². The average molecular weight is 1550 g/mol. The van der Waals surface area contributed by atoms with Gasteiger partial charge in [-0.3, -0.25) is 82.0 Å². The van der Waals surface area contributed by atoms with Crippen molar-refractivity contribution < 1.29 is 102 Å². The predicted molar refractivity (Wildman–Crippen MR) is 398 cm³/mol. The molecule has 0 aliphatic carbocycles. The van der Waals surface area contributed by atoms with Crippen LogP contribution < -0.4 is 73.9 Å². The van der Waals surface area contributed by atoms with E-state index in [0.717, 1.165) is 11.3 Å². The quantitative estimate of drug-likeness (QED) is 0.0128. The Labute approximate surface area is 638 Å². The molecule has 12 amide bonds. The molecule has 4 aromatic rings. The van der Waals surface area contributed by atoms with Crippen LogP contribution in [0.15, 0.2) is 107 Å². The van der Waals surface area contributed by atoms with Crippen molar-refractivity contribution in [3.63, 3.8) is 0 Å². The summed E-state index contributed by atoms with van der Waals surface area (Å²) in [5, 5.41) is 84.2. The van der Waals surface area contributed by atoms with Crippen LogP contribution >= 0.6 is 0 Å². The number of unbranched alkanes of at least 4 members (excludes halogenated alkanes) is 2. The summed E-state index contributed by atoms with van der Waals surface area (Å²) in [7, 11) is 0. The van der Waals surface area contributed by atoms with Crippen LogP contribution in [0.4, 0.5) is 22.7 Å². The number of hydrogen-bond acceptors (Lipinski definition) is 22. The molecule has 0 fully saturated rings. The first-order valence-electron chi connectivity index (χ1n) is 35.8. The zero-order valence-electron chi connectivity index (χ0n) is 62.4. The van der Waals surface area contributed by atoms with E-state index in [9.17, 15) is 102 Å². The first-order valence-corrected chi connectivity index (χ1v) is 35.8. The number of nitrogens with zero attached hydrogens (tertiary/aromatic N) is 4. The Morgan fingerprint density at radius 3 is 1.50 bits per heavy atom. The van der Waals surface area contributed by atoms with Crippen LogP contribution in [-0.2, 0) is 84.8 Å². The third kappa shape index (κ3) is 34.4. The van der Waals surface area contributed by atoms with Gasteiger partial charge in [-0.05, 0) is 131 Å². The number of phenolic OH excluding ortho intramolecular Hbond substituents is 1. The lowest BCUT2D eigenvalue weighted by Crippen LogP contribution is -2.59. The Balaban J connectivity index is 1.27. The number of aliphatic carboxylic acids is 3. The van der Waals surface area contributed by atoms with E-state index in [1.807, 2.05) is 19.1 Å². The number of nitrogens with one attached hydrogen (secondary N) is 11. The Morgan fingerprint density at radius 2 is 0.973 bits per heavy atom. The second kappa shape index (κ2) is 47.2. The molecule has 0 heterocycles. The molecule has 17 N–H and O–H groups in total. The molecule has 0 bridgehead atoms. The molecule has 0 aliphatic rings. The van der Waals surface area contributed by atoms with Gasteiger partial charge in [-0.25, -0.2) is 0 Å². The Bertz CT molecular complexity index is 3900. The third-order valence-electron chi connectivity index (χ3n) is 17.0. The number of aromatic hydroxyl groups is 1. The molecule has 0 saturated carbocycles. The number of carbonyl (C=O) groups is 15. The van der Waals surface area contributed by atoms with Crippen molar-refractivity contribution >= 4 is 112 Å². The second-order valence-corrected chi connectivity index (χ2v) is 25.9. The van der Waals surface area contributed by atoms with E-state index in [0.29, 0.717) is 55.2 Å². The number of anilines is 1. The number of ether oxygens (including phenoxy) is 1. The van der Waals surface area contributed by atoms with Crippen molar-refractivity contribution in [1.82, 2.24) is 58.5 Å². The van der Waals surface area contributed by atoms with Gasteiger partial charge in [0.2, 0.25) is 70.9 Å². The van der Waals surface area contributed by atoms with Crippen molar-refractivity contribution in [2.24, 2.45) is 21.9 Å². The fourth-order valence-electron chi connectivity index (χ4n) is 10.7. The topological polar surface area (TPSA) is 576 Å². The Morgan fingerprint density at radius 1 is 0.505 bits per heavy atom. The Kier molecular flexibility index (Phi) is 38.6. The maximum absolute atomic E-state index is 13.9. The normalized spacial score (nSPS) is 13.4. The van der Waals surface area contributed by atoms with Crippen LogP contribution in [-0.4, -0.2) is 202 Å². The number of rotatable bonds is 50. The number of carboxylic acids is 3. The lowest BCUT2D eigenvalue weighted by molar-refractivity contribution is -0.384. The molecular formula is C73H98N16O22. The zero-order chi connectivity index (χ0) is 82.3. The predicted octanol–water partition coefficient (Wildman–Crippen LogP) is 1.38. The first-order chi connectivity index (χ1) is 52.6. The number of non-ortho nitro benzene ring substituents is 1. The minimum Gasteiger partial charge on any atom is -0.508 e. The highest BCUT2D eigenvalue weighted by atomic mass is 16.6. The van der Waals surface area contributed by atoms with E-state index in [1.165, 1.54) is 69.3 Å². The summed E-state index contributed by atoms with van der Waals surface area (Å²) < 4.78 is 6.03. The van der Waals surface area contributed by atoms with Crippen LogP contribution in [0, 0.1) is 16.0 Å². The van der Waals surface area contributed by atoms with Gasteiger partial charge in [0, 0.05) is 76.4 Å². The largest absolute Gasteiger partial charge is 0.508 e. The van der Waals surface area contributed by atoms with Gasteiger partial charge in [-0.2, -0.15) is 10.2 Å². The number of primary amides is 1. The number of phenols is 1. The summed E-state index contributed by atoms with van der Waals surface area (Å²) in [5.74, 6) is -14.6. The smallest absolute Gasteiger partial charge is 0.303 e. The average Bonchev–Trinajstić information content (AvgIpc) is 0.840. The summed E-state index contributed by atoms with van der Waals surface area (Å²) in [6, 6.07) is 14.2. The number of nitrogens with two attached hydrogens (primary N) is 1. The summed E-state index contributed by atoms with van der Waals surface area (Å²) >= 11 is 0. The number of carbonyl (C=O) groups excluding carboxylic acids is 12. The lowest BCUT2D eigenvalue weighted by atomic mass is 9.97. The van der Waals surface area contributed by atoms with Gasteiger partial charge in [0.15, 0.2) is 0 Å². The summed E-state index contributed by atoms with van der Waals surface area (Å²) in [4.78, 5) is 206. The van der Waals surface area contributed by atoms with Gasteiger partial charge in [0.1, 0.15) is 66.4 Å². The van der Waals surface area contributed by atoms with Gasteiger partial charge in [-0.1, -0.05) is 51.0 Å². The van der Waals surface area contributed by atoms with Crippen molar-refractivity contribution in [2.75, 3.05) is 44.2 Å². The minimum atomic E-state index is -1.66. The highest BCUT2D eigenvalue weighted by Gasteiger charge is 2.35. The molecule has 0 radical (unpaired) electrons. The molecule has 0 aromatic heterocycles. The standard InChI is InChI=1S/C73H98N16O22/c1-7-42(3)65(73(108)79-44(5)67(102)83-56(31-34-64(99)100)70(105)78-43(4)66(101)77-41-61(94)82-58(39-46-13-25-52(91)26-14-46)72(107)84-54(29-32-62(95)96)68(103)76-40-59(74)92)85-71(106)55(30-33-63(97)98)81-60(93)12-10-9-11-35-75-69(104)57(80-45(6)90)38-47-15-27-53(28-16-47)111-37-36-88(8-2)50-21-17-48(18-22-50)86-87-49-19-23-51(24-20-49)89(109)110/h13-28,42-44,54-58,65,91H,7-12,29-41H2,1-6H3,(H2,74,92)(H,75,104)(H,76,103)(H,77,101)(H,78,105)(H,79,108)(H,80,90)(H,81,93)(H,82,94)(H,83,102)(H,84,107)(H,85,106)(H,95,96)(H,97,98)(H,99,100)/t42-,43-,44-,54-,55-,56-,57-,58-,65-/m0/s1. The number of likely N-dealkylation sites (N-methyl/N-ethyl adjacent to an activating group) is 1. The maximum atomic E-state index is 13.9. The van der Waals surface area contributed by atoms with Gasteiger partial charge >= 0.3 is 17.9 Å². The number of hydrogen-bond donors (Lipinski definition) is 16. The second-order valence-electron chi connectivity index (χ2n) is 25.9. The Hall–Kier alpha value is -12.7. The fourth-order valence-corrected chi connectivity index (χ4v) is 10.7. The van der Waals surface area contributed by atoms with Crippen molar-refractivity contribution in [2.45, 2.75) is 173 Å². The monoisotopic (exact) mass is 1550 g/mol. The van der Waals surface area contributed by atoms with Crippen LogP contribution in [0.3, 0.4) is 0 Å². The van der Waals surface area contributed by atoms with E-state index >= 15 is 0 Å². The first kappa shape index (κ1) is 90.7. The number of azo groups is 1. The molecule has 0 saturated heterocycles. The van der Waals surface area contributed by atoms with Crippen LogP contribution in [0.25, 0.3) is 0 Å². The molecule has 111 heavy (non-hydrogen) atoms. The molecule has 4 rings (SSSR count). The number of nitro benzene ring substituents is 1. The number of amides is 12. The number of carboxylic acid groups (broad SMARTS) is 3. The van der Waals surface area contributed by atoms with E-state index in [-0.39, 0.29) is 50.1 Å². The zero-order valence-corrected chi connectivity index (χ0v) is 62.4. The number of benzene rings is 4. The van der Waals surface area contributed by atoms with Gasteiger partial charge in [0.25, 0.3) is 5.69 Å². The van der Waals surface area contributed by atoms with Crippen LogP contribution in [0.5, 0.6) is 11.5 Å². The van der Waals surface area contributed by atoms with E-state index in [2.05, 4.69) is 73.6 Å². The summed E-state index contributed by atoms with van der Waals surface area (Å²) in [6.45, 7) is 9.22. The van der Waals surface area contributed by atoms with E-state index in [1.54, 1.807) is 50.2 Å². The fraction of sp³-hybridized carbons (Fsp3) is 0.466. The molecule has 0 unspecified atom stereocenters. The molecule has 4 aromatic carbocycles. The molecule has 0 spiro atoms. The van der Waals surface area contributed by atoms with Crippen molar-refractivity contribution in [3.05, 3.63) is 118 Å². The highest BCUT2D eigenvalue weighted by molar-refractivity contribution is 5.98. The van der Waals surface area contributed by atoms with E-state index in [4.69, 9.17) is 10.5 Å². The van der Waals surface area contributed by atoms with Gasteiger partial charge < -0.3 is 94.3 Å². The van der Waals surface area contributed by atoms with Gasteiger partial charge in [-0.15, -0.1) is 0 Å². The SMILES string of the molecule is CC[C@H](C)[C@H](NC(=O)[C@H](CCC(=O)O)NC(=O)CCCCCNC(=O)[C@H](Cc1ccc(OCCN(CC)c2ccc(N=Nc3ccc([N+](=O)[O-])cc3)cc2)cc1)NC(C)=O)C(=O)N[C@@H](C)C(=O)N[C@@H](CCC(=O)O)C(=O)N[C@@H](C)C(=O)NCC(=O)N[C@@H](Cc1ccc(O)cc1)C(=O)N[C@@H](CCC(=O)O)C(=O)NCC(N)=O. The molecule has 0 aliphatic heterocycles. The lowest BCUT2D eigenvalue weighted by Gasteiger charge is -2.28. The molecule has 38 heteroatoms. The molecule has 9 atom stereocenters. The third-order valence-corrected chi connectivity index (χ3v) is 17.0.